The Balaban J connectivity index is 1.70. The molecular formula is C20H12Cl2N2O2S. The monoisotopic (exact) mass is 414 g/mol. The van der Waals surface area contributed by atoms with Crippen molar-refractivity contribution in [1.29, 1.82) is 0 Å². The van der Waals surface area contributed by atoms with Crippen LogP contribution >= 0.6 is 34.5 Å². The van der Waals surface area contributed by atoms with Crippen LogP contribution in [-0.2, 0) is 4.79 Å². The summed E-state index contributed by atoms with van der Waals surface area (Å²) in [4.78, 5) is 17.0. The first-order valence-corrected chi connectivity index (χ1v) is 9.55. The second-order valence-corrected chi connectivity index (χ2v) is 7.51. The van der Waals surface area contributed by atoms with Crippen LogP contribution in [0.5, 0.6) is 0 Å². The highest BCUT2D eigenvalue weighted by molar-refractivity contribution is 7.21. The van der Waals surface area contributed by atoms with Crippen molar-refractivity contribution in [2.45, 2.75) is 0 Å². The zero-order chi connectivity index (χ0) is 18.8. The van der Waals surface area contributed by atoms with Gasteiger partial charge in [0, 0.05) is 16.7 Å². The summed E-state index contributed by atoms with van der Waals surface area (Å²) in [7, 11) is 0. The molecule has 0 fully saturated rings. The van der Waals surface area contributed by atoms with Gasteiger partial charge < -0.3 is 9.73 Å². The topological polar surface area (TPSA) is 55.1 Å². The minimum atomic E-state index is -0.335. The predicted molar refractivity (Wildman–Crippen MR) is 111 cm³/mol. The zero-order valence-corrected chi connectivity index (χ0v) is 16.1. The minimum absolute atomic E-state index is 0.335. The maximum absolute atomic E-state index is 12.4. The molecule has 4 nitrogen and oxygen atoms in total. The average molecular weight is 415 g/mol. The van der Waals surface area contributed by atoms with Crippen LogP contribution in [0, 0.1) is 0 Å². The second kappa shape index (κ2) is 7.56. The Hall–Kier alpha value is -2.60. The number of halogens is 2. The van der Waals surface area contributed by atoms with Gasteiger partial charge in [-0.1, -0.05) is 35.3 Å². The Kier molecular flexibility index (Phi) is 4.99. The number of thiazole rings is 1. The van der Waals surface area contributed by atoms with Crippen LogP contribution in [0.15, 0.2) is 65.3 Å². The van der Waals surface area contributed by atoms with Crippen LogP contribution in [0.25, 0.3) is 26.9 Å². The van der Waals surface area contributed by atoms with Gasteiger partial charge in [0.2, 0.25) is 5.91 Å². The van der Waals surface area contributed by atoms with Crippen LogP contribution in [0.4, 0.5) is 5.69 Å². The van der Waals surface area contributed by atoms with Crippen LogP contribution in [0.3, 0.4) is 0 Å². The largest absolute Gasteiger partial charge is 0.465 e. The second-order valence-electron chi connectivity index (χ2n) is 5.63. The van der Waals surface area contributed by atoms with Gasteiger partial charge in [0.05, 0.1) is 27.2 Å². The van der Waals surface area contributed by atoms with Crippen molar-refractivity contribution >= 4 is 62.4 Å². The minimum Gasteiger partial charge on any atom is -0.465 e. The number of benzene rings is 2. The zero-order valence-electron chi connectivity index (χ0n) is 13.8. The summed E-state index contributed by atoms with van der Waals surface area (Å²) in [5.41, 5.74) is 2.02. The lowest BCUT2D eigenvalue weighted by Gasteiger charge is -2.11. The number of hydrogen-bond acceptors (Lipinski definition) is 4. The van der Waals surface area contributed by atoms with E-state index in [4.69, 9.17) is 27.6 Å². The maximum Gasteiger partial charge on any atom is 0.248 e. The molecule has 2 aromatic heterocycles. The maximum atomic E-state index is 12.4. The summed E-state index contributed by atoms with van der Waals surface area (Å²) in [6.45, 7) is 0. The van der Waals surface area contributed by atoms with E-state index in [1.165, 1.54) is 17.4 Å². The molecule has 0 aliphatic heterocycles. The Morgan fingerprint density at radius 3 is 2.78 bits per heavy atom. The lowest BCUT2D eigenvalue weighted by molar-refractivity contribution is -0.111. The summed E-state index contributed by atoms with van der Waals surface area (Å²) < 4.78 is 6.22. The van der Waals surface area contributed by atoms with Gasteiger partial charge in [0.1, 0.15) is 10.8 Å². The van der Waals surface area contributed by atoms with Crippen LogP contribution in [0.2, 0.25) is 10.0 Å². The standard InChI is InChI=1S/C20H12Cl2N2O2S/c21-12-10-14(20-23-16-5-1-2-6-17(16)27-20)19(15(22)11-12)24-18(25)8-7-13-4-3-9-26-13/h1-11H,(H,24,25)/b8-7+. The molecule has 2 heterocycles. The van der Waals surface area contributed by atoms with Crippen molar-refractivity contribution in [3.8, 4) is 10.6 Å². The molecule has 4 rings (SSSR count). The fourth-order valence-electron chi connectivity index (χ4n) is 2.57. The summed E-state index contributed by atoms with van der Waals surface area (Å²) in [6.07, 6.45) is 4.50. The molecule has 0 radical (unpaired) electrons. The Morgan fingerprint density at radius 1 is 1.15 bits per heavy atom. The third-order valence-electron chi connectivity index (χ3n) is 3.77. The van der Waals surface area contributed by atoms with Gasteiger partial charge in [-0.3, -0.25) is 4.79 Å². The number of nitrogens with zero attached hydrogens (tertiary/aromatic N) is 1. The van der Waals surface area contributed by atoms with Crippen LogP contribution in [-0.4, -0.2) is 10.9 Å². The SMILES string of the molecule is O=C(/C=C/c1ccco1)Nc1c(Cl)cc(Cl)cc1-c1nc2ccccc2s1. The van der Waals surface area contributed by atoms with Crippen molar-refractivity contribution in [2.24, 2.45) is 0 Å². The summed E-state index contributed by atoms with van der Waals surface area (Å²) in [6, 6.07) is 14.7. The van der Waals surface area contributed by atoms with Gasteiger partial charge in [-0.15, -0.1) is 11.3 Å². The van der Waals surface area contributed by atoms with E-state index >= 15 is 0 Å². The van der Waals surface area contributed by atoms with Gasteiger partial charge in [-0.2, -0.15) is 0 Å². The van der Waals surface area contributed by atoms with E-state index in [-0.39, 0.29) is 5.91 Å². The Bertz CT molecular complexity index is 1120. The van der Waals surface area contributed by atoms with E-state index < -0.39 is 0 Å². The van der Waals surface area contributed by atoms with Crippen molar-refractivity contribution in [3.05, 3.63) is 76.7 Å². The normalized spacial score (nSPS) is 11.3. The van der Waals surface area contributed by atoms with E-state index in [9.17, 15) is 4.79 Å². The third kappa shape index (κ3) is 3.90. The number of hydrogen-bond donors (Lipinski definition) is 1. The molecule has 0 saturated heterocycles. The first-order valence-electron chi connectivity index (χ1n) is 7.98. The van der Waals surface area contributed by atoms with Crippen LogP contribution in [0.1, 0.15) is 5.76 Å². The summed E-state index contributed by atoms with van der Waals surface area (Å²) in [5.74, 6) is 0.247. The molecule has 1 amide bonds. The van der Waals surface area contributed by atoms with Crippen molar-refractivity contribution in [1.82, 2.24) is 4.98 Å². The molecule has 1 N–H and O–H groups in total. The molecule has 2 aromatic carbocycles. The highest BCUT2D eigenvalue weighted by Gasteiger charge is 2.16. The van der Waals surface area contributed by atoms with Crippen molar-refractivity contribution in [3.63, 3.8) is 0 Å². The van der Waals surface area contributed by atoms with Gasteiger partial charge in [-0.25, -0.2) is 4.98 Å². The molecule has 27 heavy (non-hydrogen) atoms. The van der Waals surface area contributed by atoms with E-state index in [2.05, 4.69) is 10.3 Å². The number of fused-ring (bicyclic) bond motifs is 1. The average Bonchev–Trinajstić information content (AvgIpc) is 3.31. The van der Waals surface area contributed by atoms with Gasteiger partial charge >= 0.3 is 0 Å². The van der Waals surface area contributed by atoms with E-state index in [1.54, 1.807) is 36.6 Å². The molecule has 0 atom stereocenters. The van der Waals surface area contributed by atoms with Gasteiger partial charge in [0.25, 0.3) is 0 Å². The van der Waals surface area contributed by atoms with E-state index in [0.717, 1.165) is 15.2 Å². The first-order chi connectivity index (χ1) is 13.1. The number of carbonyl (C=O) groups is 1. The van der Waals surface area contributed by atoms with Gasteiger partial charge in [0.15, 0.2) is 0 Å². The molecule has 0 spiro atoms. The molecular weight excluding hydrogens is 403 g/mol. The van der Waals surface area contributed by atoms with Crippen molar-refractivity contribution in [2.75, 3.05) is 5.32 Å². The van der Waals surface area contributed by atoms with E-state index in [1.807, 2.05) is 24.3 Å². The summed E-state index contributed by atoms with van der Waals surface area (Å²) >= 11 is 14.1. The molecule has 7 heteroatoms. The number of aromatic nitrogens is 1. The number of furan rings is 1. The molecule has 0 unspecified atom stereocenters. The quantitative estimate of drug-likeness (QED) is 0.387. The lowest BCUT2D eigenvalue weighted by atomic mass is 10.1. The highest BCUT2D eigenvalue weighted by atomic mass is 35.5. The number of amides is 1. The molecule has 0 saturated carbocycles. The lowest BCUT2D eigenvalue weighted by Crippen LogP contribution is -2.09. The molecule has 0 aliphatic carbocycles. The smallest absolute Gasteiger partial charge is 0.248 e. The fraction of sp³-hybridized carbons (Fsp3) is 0. The molecule has 0 aliphatic rings. The number of para-hydroxylation sites is 1. The molecule has 134 valence electrons. The number of anilines is 1. The number of carbonyl (C=O) groups excluding carboxylic acids is 1. The van der Waals surface area contributed by atoms with Crippen LogP contribution < -0.4 is 5.32 Å². The molecule has 0 bridgehead atoms. The Morgan fingerprint density at radius 2 is 2.00 bits per heavy atom. The summed E-state index contributed by atoms with van der Waals surface area (Å²) in [5, 5.41) is 4.36. The number of rotatable bonds is 4. The fourth-order valence-corrected chi connectivity index (χ4v) is 4.09. The molecule has 4 aromatic rings. The number of nitrogens with one attached hydrogen (secondary N) is 1. The Labute approximate surface area is 169 Å². The van der Waals surface area contributed by atoms with E-state index in [0.29, 0.717) is 27.1 Å². The highest BCUT2D eigenvalue weighted by Crippen LogP contribution is 2.40. The predicted octanol–water partition coefficient (Wildman–Crippen LogP) is 6.52. The van der Waals surface area contributed by atoms with Crippen molar-refractivity contribution < 1.29 is 9.21 Å². The third-order valence-corrected chi connectivity index (χ3v) is 5.36. The van der Waals surface area contributed by atoms with Gasteiger partial charge in [-0.05, 0) is 42.5 Å². The first kappa shape index (κ1) is 17.8.